The van der Waals surface area contributed by atoms with E-state index in [1.165, 1.54) is 0 Å². The van der Waals surface area contributed by atoms with Crippen molar-refractivity contribution < 1.29 is 12.8 Å². The molecule has 1 rings (SSSR count). The molecule has 72 valence electrons. The van der Waals surface area contributed by atoms with Gasteiger partial charge in [-0.25, -0.2) is 12.8 Å². The number of sulfone groups is 1. The molecule has 0 aromatic rings. The first-order valence-electron chi connectivity index (χ1n) is 4.09. The number of halogens is 1. The molecule has 12 heavy (non-hydrogen) atoms. The minimum absolute atomic E-state index is 0.0502. The van der Waals surface area contributed by atoms with Gasteiger partial charge < -0.3 is 5.32 Å². The maximum absolute atomic E-state index is 11.8. The molecule has 1 aliphatic heterocycles. The largest absolute Gasteiger partial charge is 0.310 e. The first kappa shape index (κ1) is 9.92. The average Bonchev–Trinajstić information content (AvgIpc) is 2.26. The summed E-state index contributed by atoms with van der Waals surface area (Å²) in [4.78, 5) is 0. The van der Waals surface area contributed by atoms with E-state index in [0.29, 0.717) is 6.42 Å². The SMILES string of the molecule is CC1C(NCCF)CCS1(=O)=O. The smallest absolute Gasteiger partial charge is 0.154 e. The van der Waals surface area contributed by atoms with Crippen LogP contribution in [-0.4, -0.2) is 38.7 Å². The third kappa shape index (κ3) is 1.95. The lowest BCUT2D eigenvalue weighted by atomic mass is 10.2. The van der Waals surface area contributed by atoms with Gasteiger partial charge in [0.15, 0.2) is 9.84 Å². The molecular formula is C7H14FNO2S. The fourth-order valence-electron chi connectivity index (χ4n) is 1.47. The maximum atomic E-state index is 11.8. The molecular weight excluding hydrogens is 181 g/mol. The van der Waals surface area contributed by atoms with Crippen molar-refractivity contribution in [3.05, 3.63) is 0 Å². The lowest BCUT2D eigenvalue weighted by Crippen LogP contribution is -2.37. The number of alkyl halides is 1. The second-order valence-electron chi connectivity index (χ2n) is 3.11. The van der Waals surface area contributed by atoms with Crippen LogP contribution in [0, 0.1) is 0 Å². The summed E-state index contributed by atoms with van der Waals surface area (Å²) in [5.41, 5.74) is 0. The van der Waals surface area contributed by atoms with E-state index >= 15 is 0 Å². The normalized spacial score (nSPS) is 33.8. The van der Waals surface area contributed by atoms with Gasteiger partial charge in [-0.05, 0) is 13.3 Å². The summed E-state index contributed by atoms with van der Waals surface area (Å²) >= 11 is 0. The van der Waals surface area contributed by atoms with Crippen molar-refractivity contribution in [2.45, 2.75) is 24.6 Å². The Morgan fingerprint density at radius 2 is 2.25 bits per heavy atom. The fourth-order valence-corrected chi connectivity index (χ4v) is 3.16. The monoisotopic (exact) mass is 195 g/mol. The topological polar surface area (TPSA) is 46.2 Å². The van der Waals surface area contributed by atoms with Crippen LogP contribution in [0.2, 0.25) is 0 Å². The van der Waals surface area contributed by atoms with Gasteiger partial charge >= 0.3 is 0 Å². The summed E-state index contributed by atoms with van der Waals surface area (Å²) in [7, 11) is -2.89. The molecule has 1 aliphatic rings. The predicted molar refractivity (Wildman–Crippen MR) is 45.6 cm³/mol. The van der Waals surface area contributed by atoms with E-state index in [0.717, 1.165) is 0 Å². The molecule has 5 heteroatoms. The Balaban J connectivity index is 2.50. The van der Waals surface area contributed by atoms with E-state index in [1.54, 1.807) is 6.92 Å². The molecule has 1 saturated heterocycles. The summed E-state index contributed by atoms with van der Waals surface area (Å²) < 4.78 is 34.2. The molecule has 2 atom stereocenters. The molecule has 0 spiro atoms. The van der Waals surface area contributed by atoms with E-state index in [4.69, 9.17) is 0 Å². The maximum Gasteiger partial charge on any atom is 0.154 e. The van der Waals surface area contributed by atoms with E-state index in [1.807, 2.05) is 0 Å². The Bertz CT molecular complexity index is 240. The Morgan fingerprint density at radius 1 is 1.58 bits per heavy atom. The van der Waals surface area contributed by atoms with Crippen LogP contribution >= 0.6 is 0 Å². The van der Waals surface area contributed by atoms with Crippen LogP contribution in [0.25, 0.3) is 0 Å². The zero-order valence-corrected chi connectivity index (χ0v) is 7.90. The molecule has 0 radical (unpaired) electrons. The van der Waals surface area contributed by atoms with Crippen molar-refractivity contribution in [2.24, 2.45) is 0 Å². The molecule has 0 saturated carbocycles. The van der Waals surface area contributed by atoms with Gasteiger partial charge in [-0.3, -0.25) is 0 Å². The Kier molecular flexibility index (Phi) is 3.06. The summed E-state index contributed by atoms with van der Waals surface area (Å²) in [6.45, 7) is 1.49. The van der Waals surface area contributed by atoms with Gasteiger partial charge in [-0.2, -0.15) is 0 Å². The quantitative estimate of drug-likeness (QED) is 0.696. The van der Waals surface area contributed by atoms with Crippen LogP contribution in [0.3, 0.4) is 0 Å². The van der Waals surface area contributed by atoms with Gasteiger partial charge in [-0.15, -0.1) is 0 Å². The molecule has 0 amide bonds. The third-order valence-corrected chi connectivity index (χ3v) is 4.61. The standard InChI is InChI=1S/C7H14FNO2S/c1-6-7(9-4-3-8)2-5-12(6,10)11/h6-7,9H,2-5H2,1H3. The van der Waals surface area contributed by atoms with E-state index < -0.39 is 16.5 Å². The van der Waals surface area contributed by atoms with Crippen molar-refractivity contribution in [3.8, 4) is 0 Å². The van der Waals surface area contributed by atoms with Crippen LogP contribution < -0.4 is 5.32 Å². The fraction of sp³-hybridized carbons (Fsp3) is 1.00. The first-order valence-corrected chi connectivity index (χ1v) is 5.80. The average molecular weight is 195 g/mol. The van der Waals surface area contributed by atoms with Crippen molar-refractivity contribution >= 4 is 9.84 Å². The summed E-state index contributed by atoms with van der Waals surface area (Å²) in [5, 5.41) is 2.53. The Hall–Kier alpha value is -0.160. The number of nitrogens with one attached hydrogen (secondary N) is 1. The van der Waals surface area contributed by atoms with Gasteiger partial charge in [-0.1, -0.05) is 0 Å². The lowest BCUT2D eigenvalue weighted by Gasteiger charge is -2.14. The predicted octanol–water partition coefficient (Wildman–Crippen LogP) is 0.121. The van der Waals surface area contributed by atoms with Gasteiger partial charge in [0.25, 0.3) is 0 Å². The molecule has 3 nitrogen and oxygen atoms in total. The Labute approximate surface area is 72.3 Å². The number of hydrogen-bond donors (Lipinski definition) is 1. The van der Waals surface area contributed by atoms with Gasteiger partial charge in [0.1, 0.15) is 6.67 Å². The van der Waals surface area contributed by atoms with Gasteiger partial charge in [0, 0.05) is 12.6 Å². The Morgan fingerprint density at radius 3 is 2.67 bits per heavy atom. The second-order valence-corrected chi connectivity index (χ2v) is 5.59. The molecule has 0 aliphatic carbocycles. The molecule has 0 bridgehead atoms. The lowest BCUT2D eigenvalue weighted by molar-refractivity contribution is 0.426. The van der Waals surface area contributed by atoms with Crippen molar-refractivity contribution in [1.82, 2.24) is 5.32 Å². The molecule has 0 aromatic heterocycles. The van der Waals surface area contributed by atoms with Crippen LogP contribution in [0.1, 0.15) is 13.3 Å². The van der Waals surface area contributed by atoms with Crippen LogP contribution in [0.4, 0.5) is 4.39 Å². The van der Waals surface area contributed by atoms with Crippen molar-refractivity contribution in [3.63, 3.8) is 0 Å². The molecule has 1 heterocycles. The van der Waals surface area contributed by atoms with Crippen molar-refractivity contribution in [1.29, 1.82) is 0 Å². The summed E-state index contributed by atoms with van der Waals surface area (Å²) in [6.07, 6.45) is 0.615. The second kappa shape index (κ2) is 3.70. The number of hydrogen-bond acceptors (Lipinski definition) is 3. The zero-order valence-electron chi connectivity index (χ0n) is 7.09. The van der Waals surface area contributed by atoms with Crippen molar-refractivity contribution in [2.75, 3.05) is 19.0 Å². The highest BCUT2D eigenvalue weighted by atomic mass is 32.2. The van der Waals surface area contributed by atoms with Crippen LogP contribution in [0.15, 0.2) is 0 Å². The summed E-state index contributed by atoms with van der Waals surface area (Å²) in [5.74, 6) is 0.234. The van der Waals surface area contributed by atoms with E-state index in [9.17, 15) is 12.8 Å². The zero-order chi connectivity index (χ0) is 9.19. The minimum Gasteiger partial charge on any atom is -0.310 e. The molecule has 1 N–H and O–H groups in total. The molecule has 2 unspecified atom stereocenters. The van der Waals surface area contributed by atoms with Gasteiger partial charge in [0.2, 0.25) is 0 Å². The third-order valence-electron chi connectivity index (χ3n) is 2.35. The van der Waals surface area contributed by atoms with E-state index in [-0.39, 0.29) is 23.6 Å². The van der Waals surface area contributed by atoms with E-state index in [2.05, 4.69) is 5.32 Å². The van der Waals surface area contributed by atoms with Gasteiger partial charge in [0.05, 0.1) is 11.0 Å². The van der Waals surface area contributed by atoms with Crippen LogP contribution in [0.5, 0.6) is 0 Å². The first-order chi connectivity index (χ1) is 5.58. The highest BCUT2D eigenvalue weighted by molar-refractivity contribution is 7.92. The highest BCUT2D eigenvalue weighted by Crippen LogP contribution is 2.19. The van der Waals surface area contributed by atoms with Crippen LogP contribution in [-0.2, 0) is 9.84 Å². The summed E-state index contributed by atoms with van der Waals surface area (Å²) in [6, 6.07) is -0.0502. The molecule has 0 aromatic carbocycles. The molecule has 1 fully saturated rings. The highest BCUT2D eigenvalue weighted by Gasteiger charge is 2.35. The minimum atomic E-state index is -2.89. The number of rotatable bonds is 3.